The largest absolute Gasteiger partial charge is 0.472 e. The predicted molar refractivity (Wildman–Crippen MR) is 297 cm³/mol. The van der Waals surface area contributed by atoms with Crippen LogP contribution in [0.5, 0.6) is 0 Å². The highest BCUT2D eigenvalue weighted by Gasteiger charge is 2.28. The lowest BCUT2D eigenvalue weighted by Gasteiger charge is -2.21. The highest BCUT2D eigenvalue weighted by Crippen LogP contribution is 2.43. The summed E-state index contributed by atoms with van der Waals surface area (Å²) in [5.74, 6) is -1.53. The molecule has 0 spiro atoms. The topological polar surface area (TPSA) is 155 Å². The van der Waals surface area contributed by atoms with Crippen molar-refractivity contribution >= 4 is 25.7 Å². The molecule has 0 aliphatic carbocycles. The molecule has 0 fully saturated rings. The maximum absolute atomic E-state index is 12.9. The van der Waals surface area contributed by atoms with E-state index < -0.39 is 57.8 Å². The third-order valence-electron chi connectivity index (χ3n) is 11.5. The van der Waals surface area contributed by atoms with Gasteiger partial charge in [-0.15, -0.1) is 0 Å². The summed E-state index contributed by atoms with van der Waals surface area (Å²) in [5.41, 5.74) is 0. The Morgan fingerprint density at radius 2 is 0.722 bits per heavy atom. The maximum Gasteiger partial charge on any atom is 0.472 e. The smallest absolute Gasteiger partial charge is 0.462 e. The number of carbonyl (C=O) groups is 3. The van der Waals surface area contributed by atoms with Crippen LogP contribution in [0.25, 0.3) is 0 Å². The zero-order chi connectivity index (χ0) is 52.7. The van der Waals surface area contributed by atoms with Crippen LogP contribution in [0, 0.1) is 0 Å². The van der Waals surface area contributed by atoms with Gasteiger partial charge in [-0.3, -0.25) is 23.4 Å². The fourth-order valence-electron chi connectivity index (χ4n) is 7.24. The predicted octanol–water partition coefficient (Wildman–Crippen LogP) is 16.5. The van der Waals surface area contributed by atoms with E-state index in [4.69, 9.17) is 23.3 Å². The van der Waals surface area contributed by atoms with Gasteiger partial charge >= 0.3 is 25.7 Å². The molecule has 0 aromatic carbocycles. The van der Waals surface area contributed by atoms with Crippen molar-refractivity contribution in [1.82, 2.24) is 0 Å². The molecule has 412 valence electrons. The molecule has 2 N–H and O–H groups in total. The molecular formula is C60H101O11P. The number of carbonyl (C=O) groups excluding carboxylic acids is 3. The minimum atomic E-state index is -4.76. The fourth-order valence-corrected chi connectivity index (χ4v) is 8.02. The van der Waals surface area contributed by atoms with E-state index in [0.29, 0.717) is 19.3 Å². The van der Waals surface area contributed by atoms with Crippen LogP contribution in [-0.2, 0) is 42.2 Å². The molecule has 0 aliphatic heterocycles. The summed E-state index contributed by atoms with van der Waals surface area (Å²) < 4.78 is 39.4. The molecular weight excluding hydrogens is 928 g/mol. The van der Waals surface area contributed by atoms with Gasteiger partial charge in [-0.25, -0.2) is 4.57 Å². The third-order valence-corrected chi connectivity index (χ3v) is 12.4. The normalized spacial score (nSPS) is 14.1. The number of phosphoric acid groups is 1. The summed E-state index contributed by atoms with van der Waals surface area (Å²) in [6.45, 7) is 4.33. The van der Waals surface area contributed by atoms with Gasteiger partial charge in [0.05, 0.1) is 19.8 Å². The van der Waals surface area contributed by atoms with Gasteiger partial charge < -0.3 is 24.2 Å². The molecule has 11 nitrogen and oxygen atoms in total. The number of phosphoric ester groups is 1. The first kappa shape index (κ1) is 68.4. The van der Waals surface area contributed by atoms with E-state index in [-0.39, 0.29) is 25.9 Å². The van der Waals surface area contributed by atoms with E-state index in [1.807, 2.05) is 0 Å². The maximum atomic E-state index is 12.9. The van der Waals surface area contributed by atoms with E-state index in [1.165, 1.54) is 25.7 Å². The number of hydrogen-bond acceptors (Lipinski definition) is 10. The Balaban J connectivity index is 4.77. The first-order valence-electron chi connectivity index (χ1n) is 28.1. The zero-order valence-electron chi connectivity index (χ0n) is 45.4. The second kappa shape index (κ2) is 53.7. The molecule has 0 saturated heterocycles. The van der Waals surface area contributed by atoms with E-state index in [2.05, 4.69) is 118 Å². The van der Waals surface area contributed by atoms with Crippen molar-refractivity contribution in [2.75, 3.05) is 26.4 Å². The summed E-state index contributed by atoms with van der Waals surface area (Å²) in [4.78, 5) is 48.5. The van der Waals surface area contributed by atoms with Crippen LogP contribution in [0.2, 0.25) is 0 Å². The quantitative estimate of drug-likeness (QED) is 0.0197. The van der Waals surface area contributed by atoms with Crippen LogP contribution in [0.3, 0.4) is 0 Å². The Morgan fingerprint density at radius 3 is 1.14 bits per heavy atom. The van der Waals surface area contributed by atoms with Crippen LogP contribution in [0.15, 0.2) is 97.2 Å². The van der Waals surface area contributed by atoms with Crippen molar-refractivity contribution < 1.29 is 52.2 Å². The van der Waals surface area contributed by atoms with Gasteiger partial charge in [0.25, 0.3) is 0 Å². The zero-order valence-corrected chi connectivity index (χ0v) is 46.3. The monoisotopic (exact) mass is 1030 g/mol. The van der Waals surface area contributed by atoms with Crippen molar-refractivity contribution in [3.63, 3.8) is 0 Å². The number of aliphatic hydroxyl groups excluding tert-OH is 1. The molecule has 0 amide bonds. The average Bonchev–Trinajstić information content (AvgIpc) is 3.37. The molecule has 0 radical (unpaired) electrons. The Morgan fingerprint density at radius 1 is 0.403 bits per heavy atom. The second-order valence-electron chi connectivity index (χ2n) is 18.3. The van der Waals surface area contributed by atoms with Gasteiger partial charge in [0.15, 0.2) is 6.10 Å². The summed E-state index contributed by atoms with van der Waals surface area (Å²) in [6, 6.07) is 0. The Bertz CT molecular complexity index is 1580. The highest BCUT2D eigenvalue weighted by atomic mass is 31.2. The molecule has 0 bridgehead atoms. The number of unbranched alkanes of at least 4 members (excludes halogenated alkanes) is 18. The van der Waals surface area contributed by atoms with Crippen LogP contribution >= 0.6 is 7.82 Å². The van der Waals surface area contributed by atoms with E-state index >= 15 is 0 Å². The van der Waals surface area contributed by atoms with Crippen molar-refractivity contribution in [3.05, 3.63) is 97.2 Å². The number of allylic oxidation sites excluding steroid dienone is 16. The molecule has 72 heavy (non-hydrogen) atoms. The van der Waals surface area contributed by atoms with Crippen LogP contribution < -0.4 is 0 Å². The first-order chi connectivity index (χ1) is 35.2. The number of esters is 3. The van der Waals surface area contributed by atoms with Gasteiger partial charge in [-0.05, 0) is 116 Å². The van der Waals surface area contributed by atoms with E-state index in [9.17, 15) is 28.9 Å². The van der Waals surface area contributed by atoms with Crippen molar-refractivity contribution in [3.8, 4) is 0 Å². The van der Waals surface area contributed by atoms with Crippen molar-refractivity contribution in [2.45, 2.75) is 238 Å². The highest BCUT2D eigenvalue weighted by molar-refractivity contribution is 7.47. The fraction of sp³-hybridized carbons (Fsp3) is 0.683. The Labute approximate surface area is 438 Å². The van der Waals surface area contributed by atoms with E-state index in [0.717, 1.165) is 141 Å². The summed E-state index contributed by atoms with van der Waals surface area (Å²) in [5, 5.41) is 9.79. The number of aliphatic hydroxyl groups is 1. The summed E-state index contributed by atoms with van der Waals surface area (Å²) in [6.07, 6.45) is 62.3. The Kier molecular flexibility index (Phi) is 51.0. The second-order valence-corrected chi connectivity index (χ2v) is 19.8. The molecule has 0 rings (SSSR count). The lowest BCUT2D eigenvalue weighted by atomic mass is 10.1. The Hall–Kier alpha value is -3.60. The lowest BCUT2D eigenvalue weighted by Crippen LogP contribution is -2.30. The van der Waals surface area contributed by atoms with Crippen LogP contribution in [-0.4, -0.2) is 66.5 Å². The summed E-state index contributed by atoms with van der Waals surface area (Å²) in [7, 11) is -4.76. The number of hydrogen-bond donors (Lipinski definition) is 2. The van der Waals surface area contributed by atoms with E-state index in [1.54, 1.807) is 0 Å². The minimum Gasteiger partial charge on any atom is -0.462 e. The molecule has 0 aromatic rings. The molecule has 0 saturated carbocycles. The van der Waals surface area contributed by atoms with Crippen LogP contribution in [0.1, 0.15) is 226 Å². The van der Waals surface area contributed by atoms with Crippen LogP contribution in [0.4, 0.5) is 0 Å². The first-order valence-corrected chi connectivity index (χ1v) is 29.6. The SMILES string of the molecule is CC/C=C\C/C=C\C/C=C\C/C=C\CCCCCCCCC(=O)OCC(COP(=O)(O)OCC(CO)OC(=O)CCCCCCC/C=C\CCCCCC)OC(=O)CCCCC/C=C\C/C=C\C/C=C\CC. The standard InChI is InChI=1S/C60H101O11P/c1-4-7-10-13-16-19-22-25-26-27-28-29-30-33-34-37-40-43-46-49-58(62)67-53-57(71-60(64)51-48-45-42-39-36-32-24-21-18-15-12-9-6-3)55-69-72(65,66)68-54-56(52-61)70-59(63)50-47-44-41-38-35-31-23-20-17-14-11-8-5-2/h7,9-10,12,16,18-21,23,25-26,28-29,32,36,56-57,61H,4-6,8,11,13-15,17,22,24,27,30-31,33-35,37-55H2,1-3H3,(H,65,66)/b10-7-,12-9-,19-16-,21-18-,23-20-,26-25-,29-28-,36-32-. The molecule has 3 unspecified atom stereocenters. The van der Waals surface area contributed by atoms with Gasteiger partial charge in [-0.2, -0.15) is 0 Å². The number of rotatable bonds is 51. The number of ether oxygens (including phenoxy) is 3. The van der Waals surface area contributed by atoms with Gasteiger partial charge in [0.2, 0.25) is 0 Å². The summed E-state index contributed by atoms with van der Waals surface area (Å²) >= 11 is 0. The average molecular weight is 1030 g/mol. The lowest BCUT2D eigenvalue weighted by molar-refractivity contribution is -0.161. The molecule has 3 atom stereocenters. The molecule has 0 aliphatic rings. The van der Waals surface area contributed by atoms with Gasteiger partial charge in [0.1, 0.15) is 12.7 Å². The molecule has 0 aromatic heterocycles. The molecule has 12 heteroatoms. The molecule has 0 heterocycles. The third kappa shape index (κ3) is 51.3. The minimum absolute atomic E-state index is 0.124. The van der Waals surface area contributed by atoms with Gasteiger partial charge in [-0.1, -0.05) is 189 Å². The van der Waals surface area contributed by atoms with Gasteiger partial charge in [0, 0.05) is 19.3 Å². The van der Waals surface area contributed by atoms with Crippen molar-refractivity contribution in [2.24, 2.45) is 0 Å². The van der Waals surface area contributed by atoms with Crippen molar-refractivity contribution in [1.29, 1.82) is 0 Å².